The Morgan fingerprint density at radius 2 is 1.87 bits per heavy atom. The molecule has 7 unspecified atom stereocenters. The number of rotatable bonds is 18. The van der Waals surface area contributed by atoms with Crippen molar-refractivity contribution in [3.05, 3.63) is 52.5 Å². The zero-order valence-corrected chi connectivity index (χ0v) is 29.1. The van der Waals surface area contributed by atoms with Crippen LogP contribution in [-0.4, -0.2) is 84.6 Å². The van der Waals surface area contributed by atoms with E-state index in [1.165, 1.54) is 11.3 Å². The molecule has 3 rings (SSSR count). The molecule has 2 aromatic rings. The molecule has 0 radical (unpaired) electrons. The van der Waals surface area contributed by atoms with Crippen LogP contribution in [0, 0.1) is 11.8 Å². The van der Waals surface area contributed by atoms with Crippen molar-refractivity contribution in [1.82, 2.24) is 20.1 Å². The molecule has 2 heterocycles. The minimum Gasteiger partial charge on any atom is -0.379 e. The Labute approximate surface area is 274 Å². The zero-order valence-electron chi connectivity index (χ0n) is 28.2. The summed E-state index contributed by atoms with van der Waals surface area (Å²) in [6.07, 6.45) is 6.35. The molecule has 10 heteroatoms. The fraction of sp³-hybridized carbons (Fsp3) is 0.657. The summed E-state index contributed by atoms with van der Waals surface area (Å²) in [5, 5.41) is 6.00. The molecule has 1 saturated heterocycles. The predicted octanol–water partition coefficient (Wildman–Crippen LogP) is 5.65. The van der Waals surface area contributed by atoms with Crippen LogP contribution in [0.25, 0.3) is 0 Å². The smallest absolute Gasteiger partial charge is 0.226 e. The number of benzene rings is 1. The number of ether oxygens (including phenoxy) is 2. The summed E-state index contributed by atoms with van der Waals surface area (Å²) < 4.78 is 11.9. The Bertz CT molecular complexity index is 1180. The molecular weight excluding hydrogens is 588 g/mol. The van der Waals surface area contributed by atoms with Gasteiger partial charge in [0.1, 0.15) is 5.01 Å². The lowest BCUT2D eigenvalue weighted by atomic mass is 9.90. The van der Waals surface area contributed by atoms with E-state index in [9.17, 15) is 14.4 Å². The number of likely N-dealkylation sites (N-methyl/N-ethyl adjacent to an activating group) is 1. The third kappa shape index (κ3) is 9.83. The lowest BCUT2D eigenvalue weighted by molar-refractivity contribution is -0.146. The molecule has 3 amide bonds. The van der Waals surface area contributed by atoms with E-state index in [1.807, 2.05) is 54.6 Å². The maximum Gasteiger partial charge on any atom is 0.226 e. The molecule has 7 atom stereocenters. The van der Waals surface area contributed by atoms with Gasteiger partial charge in [0.25, 0.3) is 0 Å². The Morgan fingerprint density at radius 3 is 2.47 bits per heavy atom. The number of thiazole rings is 1. The second-order valence-electron chi connectivity index (χ2n) is 12.4. The molecule has 1 aromatic heterocycles. The molecule has 1 aromatic carbocycles. The van der Waals surface area contributed by atoms with Crippen LogP contribution in [0.2, 0.25) is 0 Å². The number of hydrogen-bond acceptors (Lipinski definition) is 7. The van der Waals surface area contributed by atoms with Crippen LogP contribution >= 0.6 is 11.3 Å². The Hall–Kier alpha value is -2.82. The highest BCUT2D eigenvalue weighted by Gasteiger charge is 2.42. The summed E-state index contributed by atoms with van der Waals surface area (Å²) in [4.78, 5) is 48.8. The van der Waals surface area contributed by atoms with Gasteiger partial charge in [-0.3, -0.25) is 14.4 Å². The largest absolute Gasteiger partial charge is 0.379 e. The lowest BCUT2D eigenvalue weighted by Gasteiger charge is -2.39. The second-order valence-corrected chi connectivity index (χ2v) is 13.3. The summed E-state index contributed by atoms with van der Waals surface area (Å²) in [6.45, 7) is 8.76. The van der Waals surface area contributed by atoms with Crippen LogP contribution in [0.15, 0.2) is 41.9 Å². The van der Waals surface area contributed by atoms with E-state index >= 15 is 0 Å². The number of unbranched alkanes of at least 4 members (excludes halogenated alkanes) is 1. The van der Waals surface area contributed by atoms with Gasteiger partial charge in [-0.2, -0.15) is 0 Å². The zero-order chi connectivity index (χ0) is 32.9. The Balaban J connectivity index is 1.73. The molecule has 0 aliphatic carbocycles. The molecule has 0 bridgehead atoms. The van der Waals surface area contributed by atoms with Crippen molar-refractivity contribution in [2.45, 2.75) is 109 Å². The minimum atomic E-state index is -0.500. The number of nitrogens with one attached hydrogen (secondary N) is 1. The van der Waals surface area contributed by atoms with Crippen molar-refractivity contribution in [1.29, 1.82) is 0 Å². The van der Waals surface area contributed by atoms with Crippen molar-refractivity contribution >= 4 is 29.1 Å². The molecule has 9 nitrogen and oxygen atoms in total. The van der Waals surface area contributed by atoms with Gasteiger partial charge in [0.2, 0.25) is 17.7 Å². The first-order valence-electron chi connectivity index (χ1n) is 16.5. The van der Waals surface area contributed by atoms with Crippen molar-refractivity contribution in [2.75, 3.05) is 27.8 Å². The third-order valence-electron chi connectivity index (χ3n) is 9.40. The van der Waals surface area contributed by atoms with Gasteiger partial charge in [0.05, 0.1) is 42.7 Å². The number of aromatic nitrogens is 1. The van der Waals surface area contributed by atoms with E-state index in [4.69, 9.17) is 9.47 Å². The van der Waals surface area contributed by atoms with E-state index < -0.39 is 18.1 Å². The number of carbonyl (C=O) groups excluding carboxylic acids is 3. The van der Waals surface area contributed by atoms with Crippen LogP contribution in [0.1, 0.15) is 89.3 Å². The molecule has 1 fully saturated rings. The first kappa shape index (κ1) is 36.6. The minimum absolute atomic E-state index is 0.0357. The summed E-state index contributed by atoms with van der Waals surface area (Å²) in [6, 6.07) is 9.34. The normalized spacial score (nSPS) is 18.9. The quantitative estimate of drug-likeness (QED) is 0.226. The molecule has 0 spiro atoms. The van der Waals surface area contributed by atoms with Gasteiger partial charge in [-0.15, -0.1) is 11.3 Å². The van der Waals surface area contributed by atoms with Crippen LogP contribution in [-0.2, 0) is 30.3 Å². The number of hydrogen-bond donors (Lipinski definition) is 1. The van der Waals surface area contributed by atoms with Gasteiger partial charge in [-0.1, -0.05) is 70.9 Å². The van der Waals surface area contributed by atoms with E-state index in [-0.39, 0.29) is 48.2 Å². The first-order chi connectivity index (χ1) is 21.7. The van der Waals surface area contributed by atoms with Crippen LogP contribution in [0.4, 0.5) is 0 Å². The third-order valence-corrected chi connectivity index (χ3v) is 10.3. The van der Waals surface area contributed by atoms with Gasteiger partial charge >= 0.3 is 0 Å². The van der Waals surface area contributed by atoms with Gasteiger partial charge in [0.15, 0.2) is 0 Å². The number of likely N-dealkylation sites (tertiary alicyclic amines) is 1. The van der Waals surface area contributed by atoms with Crippen LogP contribution in [0.3, 0.4) is 0 Å². The van der Waals surface area contributed by atoms with E-state index in [0.717, 1.165) is 42.7 Å². The van der Waals surface area contributed by atoms with Crippen LogP contribution in [0.5, 0.6) is 0 Å². The highest BCUT2D eigenvalue weighted by molar-refractivity contribution is 7.09. The highest BCUT2D eigenvalue weighted by atomic mass is 32.1. The number of nitrogens with zero attached hydrogens (tertiary/aromatic N) is 3. The summed E-state index contributed by atoms with van der Waals surface area (Å²) in [7, 11) is 5.07. The van der Waals surface area contributed by atoms with Gasteiger partial charge in [0, 0.05) is 45.8 Å². The maximum absolute atomic E-state index is 13.9. The van der Waals surface area contributed by atoms with Crippen LogP contribution < -0.4 is 5.32 Å². The Kier molecular flexibility index (Phi) is 14.9. The first-order valence-corrected chi connectivity index (χ1v) is 17.4. The van der Waals surface area contributed by atoms with Gasteiger partial charge in [-0.25, -0.2) is 4.98 Å². The number of carbonyl (C=O) groups is 3. The fourth-order valence-corrected chi connectivity index (χ4v) is 7.28. The van der Waals surface area contributed by atoms with Gasteiger partial charge in [-0.05, 0) is 37.2 Å². The molecule has 1 N–H and O–H groups in total. The van der Waals surface area contributed by atoms with Crippen molar-refractivity contribution in [3.63, 3.8) is 0 Å². The van der Waals surface area contributed by atoms with E-state index in [2.05, 4.69) is 31.1 Å². The van der Waals surface area contributed by atoms with Crippen molar-refractivity contribution in [3.8, 4) is 0 Å². The lowest BCUT2D eigenvalue weighted by Crippen LogP contribution is -2.53. The molecule has 45 heavy (non-hydrogen) atoms. The molecule has 1 aliphatic rings. The Morgan fingerprint density at radius 1 is 1.13 bits per heavy atom. The number of amides is 3. The average Bonchev–Trinajstić information content (AvgIpc) is 3.77. The summed E-state index contributed by atoms with van der Waals surface area (Å²) >= 11 is 1.52. The molecular formula is C35H54N4O5S. The van der Waals surface area contributed by atoms with Crippen molar-refractivity contribution in [2.24, 2.45) is 11.8 Å². The topological polar surface area (TPSA) is 101 Å². The predicted molar refractivity (Wildman–Crippen MR) is 179 cm³/mol. The monoisotopic (exact) mass is 642 g/mol. The SMILES string of the molecule is CCCCC(=O)N(C)C(C(C)CC)C(CC(=O)N1CCCC1C(OC)C(C)C(=O)NC(Cc1ccccc1)c1nccs1)OC. The van der Waals surface area contributed by atoms with Gasteiger partial charge < -0.3 is 24.6 Å². The highest BCUT2D eigenvalue weighted by Crippen LogP contribution is 2.30. The van der Waals surface area contributed by atoms with E-state index in [0.29, 0.717) is 19.4 Å². The van der Waals surface area contributed by atoms with E-state index in [1.54, 1.807) is 25.3 Å². The second kappa shape index (κ2) is 18.4. The standard InChI is InChI=1S/C35H54N4O5S/c1-8-10-18-30(40)38(5)32(24(3)9-2)29(43-6)23-31(41)39-20-14-17-28(39)33(44-7)25(4)34(42)37-27(35-36-19-21-45-35)22-26-15-12-11-13-16-26/h11-13,15-16,19,21,24-25,27-29,32-33H,8-10,14,17-18,20,22-23H2,1-7H3,(H,37,42). The van der Waals surface area contributed by atoms with Crippen molar-refractivity contribution < 1.29 is 23.9 Å². The maximum atomic E-state index is 13.9. The molecule has 250 valence electrons. The molecule has 0 saturated carbocycles. The average molecular weight is 643 g/mol. The number of methoxy groups -OCH3 is 2. The summed E-state index contributed by atoms with van der Waals surface area (Å²) in [5.41, 5.74) is 1.11. The fourth-order valence-electron chi connectivity index (χ4n) is 6.59. The molecule has 1 aliphatic heterocycles. The summed E-state index contributed by atoms with van der Waals surface area (Å²) in [5.74, 6) is -0.425.